The normalized spacial score (nSPS) is 25.3. The predicted molar refractivity (Wildman–Crippen MR) is 61.8 cm³/mol. The number of nitrogen functional groups attached to an aromatic ring is 1. The SMILES string of the molecule is C[C@@H]1CC[C@@H](n2cnc3c(N)ncnc32)C1. The molecule has 2 atom stereocenters. The molecule has 0 radical (unpaired) electrons. The van der Waals surface area contributed by atoms with Crippen LogP contribution < -0.4 is 5.73 Å². The molecular weight excluding hydrogens is 202 g/mol. The van der Waals surface area contributed by atoms with Crippen molar-refractivity contribution in [2.75, 3.05) is 5.73 Å². The molecular formula is C11H15N5. The zero-order chi connectivity index (χ0) is 11.1. The van der Waals surface area contributed by atoms with Gasteiger partial charge in [-0.3, -0.25) is 0 Å². The van der Waals surface area contributed by atoms with Crippen LogP contribution in [0.5, 0.6) is 0 Å². The van der Waals surface area contributed by atoms with Gasteiger partial charge in [-0.15, -0.1) is 0 Å². The number of hydrogen-bond acceptors (Lipinski definition) is 4. The highest BCUT2D eigenvalue weighted by Gasteiger charge is 2.24. The second kappa shape index (κ2) is 3.43. The summed E-state index contributed by atoms with van der Waals surface area (Å²) < 4.78 is 2.15. The van der Waals surface area contributed by atoms with Gasteiger partial charge in [-0.1, -0.05) is 6.92 Å². The quantitative estimate of drug-likeness (QED) is 0.790. The largest absolute Gasteiger partial charge is 0.382 e. The number of imidazole rings is 1. The zero-order valence-corrected chi connectivity index (χ0v) is 9.30. The third-order valence-electron chi connectivity index (χ3n) is 3.45. The molecule has 2 aromatic rings. The molecule has 0 aromatic carbocycles. The van der Waals surface area contributed by atoms with Crippen LogP contribution in [0.15, 0.2) is 12.7 Å². The number of anilines is 1. The first-order valence-corrected chi connectivity index (χ1v) is 5.68. The lowest BCUT2D eigenvalue weighted by Crippen LogP contribution is -2.05. The standard InChI is InChI=1S/C11H15N5/c1-7-2-3-8(4-7)16-6-15-9-10(12)13-5-14-11(9)16/h5-8H,2-4H2,1H3,(H2,12,13,14)/t7-,8-/m1/s1. The molecule has 16 heavy (non-hydrogen) atoms. The topological polar surface area (TPSA) is 69.6 Å². The van der Waals surface area contributed by atoms with Crippen LogP contribution in [-0.4, -0.2) is 19.5 Å². The van der Waals surface area contributed by atoms with Gasteiger partial charge in [0.2, 0.25) is 0 Å². The minimum absolute atomic E-state index is 0.467. The van der Waals surface area contributed by atoms with Gasteiger partial charge in [0, 0.05) is 6.04 Å². The Balaban J connectivity index is 2.08. The highest BCUT2D eigenvalue weighted by atomic mass is 15.1. The molecule has 3 rings (SSSR count). The number of nitrogens with two attached hydrogens (primary N) is 1. The first-order chi connectivity index (χ1) is 7.75. The molecule has 84 valence electrons. The monoisotopic (exact) mass is 217 g/mol. The van der Waals surface area contributed by atoms with Gasteiger partial charge in [-0.2, -0.15) is 0 Å². The van der Waals surface area contributed by atoms with Crippen LogP contribution in [0, 0.1) is 5.92 Å². The Labute approximate surface area is 93.7 Å². The van der Waals surface area contributed by atoms with E-state index in [1.54, 1.807) is 0 Å². The second-order valence-electron chi connectivity index (χ2n) is 4.66. The van der Waals surface area contributed by atoms with Crippen LogP contribution in [0.25, 0.3) is 11.2 Å². The van der Waals surface area contributed by atoms with Gasteiger partial charge in [0.05, 0.1) is 6.33 Å². The Morgan fingerprint density at radius 2 is 2.19 bits per heavy atom. The van der Waals surface area contributed by atoms with E-state index in [4.69, 9.17) is 5.73 Å². The maximum atomic E-state index is 5.77. The maximum Gasteiger partial charge on any atom is 0.165 e. The number of rotatable bonds is 1. The second-order valence-corrected chi connectivity index (χ2v) is 4.66. The summed E-state index contributed by atoms with van der Waals surface area (Å²) in [5.74, 6) is 1.26. The fraction of sp³-hybridized carbons (Fsp3) is 0.545. The van der Waals surface area contributed by atoms with Crippen molar-refractivity contribution in [3.05, 3.63) is 12.7 Å². The lowest BCUT2D eigenvalue weighted by atomic mass is 10.1. The third-order valence-corrected chi connectivity index (χ3v) is 3.45. The molecule has 1 saturated carbocycles. The van der Waals surface area contributed by atoms with E-state index in [-0.39, 0.29) is 0 Å². The van der Waals surface area contributed by atoms with Crippen molar-refractivity contribution >= 4 is 17.0 Å². The van der Waals surface area contributed by atoms with Crippen LogP contribution >= 0.6 is 0 Å². The summed E-state index contributed by atoms with van der Waals surface area (Å²) in [5, 5.41) is 0. The summed E-state index contributed by atoms with van der Waals surface area (Å²) in [4.78, 5) is 12.5. The fourth-order valence-electron chi connectivity index (χ4n) is 2.57. The van der Waals surface area contributed by atoms with Crippen LogP contribution in [0.2, 0.25) is 0 Å². The molecule has 2 heterocycles. The van der Waals surface area contributed by atoms with Crippen LogP contribution in [0.4, 0.5) is 5.82 Å². The van der Waals surface area contributed by atoms with Gasteiger partial charge in [0.15, 0.2) is 11.5 Å². The van der Waals surface area contributed by atoms with Crippen LogP contribution in [0.3, 0.4) is 0 Å². The number of nitrogens with zero attached hydrogens (tertiary/aromatic N) is 4. The molecule has 1 aliphatic carbocycles. The predicted octanol–water partition coefficient (Wildman–Crippen LogP) is 1.77. The summed E-state index contributed by atoms with van der Waals surface area (Å²) in [5.41, 5.74) is 7.36. The van der Waals surface area contributed by atoms with Crippen molar-refractivity contribution in [3.63, 3.8) is 0 Å². The van der Waals surface area contributed by atoms with Gasteiger partial charge in [0.25, 0.3) is 0 Å². The molecule has 5 nitrogen and oxygen atoms in total. The van der Waals surface area contributed by atoms with E-state index in [1.807, 2.05) is 6.33 Å². The van der Waals surface area contributed by atoms with Crippen LogP contribution in [-0.2, 0) is 0 Å². The Morgan fingerprint density at radius 1 is 1.31 bits per heavy atom. The maximum absolute atomic E-state index is 5.77. The van der Waals surface area contributed by atoms with E-state index in [0.29, 0.717) is 11.9 Å². The Bertz CT molecular complexity index is 518. The molecule has 5 heteroatoms. The molecule has 1 fully saturated rings. The minimum atomic E-state index is 0.467. The van der Waals surface area contributed by atoms with Crippen molar-refractivity contribution in [1.82, 2.24) is 19.5 Å². The molecule has 0 unspecified atom stereocenters. The molecule has 0 amide bonds. The van der Waals surface area contributed by atoms with Gasteiger partial charge >= 0.3 is 0 Å². The lowest BCUT2D eigenvalue weighted by Gasteiger charge is -2.11. The highest BCUT2D eigenvalue weighted by Crippen LogP contribution is 2.35. The lowest BCUT2D eigenvalue weighted by molar-refractivity contribution is 0.502. The minimum Gasteiger partial charge on any atom is -0.382 e. The van der Waals surface area contributed by atoms with E-state index >= 15 is 0 Å². The summed E-state index contributed by atoms with van der Waals surface area (Å²) in [6, 6.07) is 0.522. The first-order valence-electron chi connectivity index (χ1n) is 5.68. The van der Waals surface area contributed by atoms with E-state index in [9.17, 15) is 0 Å². The van der Waals surface area contributed by atoms with Crippen molar-refractivity contribution in [3.8, 4) is 0 Å². The van der Waals surface area contributed by atoms with Gasteiger partial charge in [-0.25, -0.2) is 15.0 Å². The van der Waals surface area contributed by atoms with Gasteiger partial charge in [0.1, 0.15) is 11.8 Å². The summed E-state index contributed by atoms with van der Waals surface area (Å²) >= 11 is 0. The summed E-state index contributed by atoms with van der Waals surface area (Å²) in [6.45, 7) is 2.29. The van der Waals surface area contributed by atoms with E-state index < -0.39 is 0 Å². The Hall–Kier alpha value is -1.65. The van der Waals surface area contributed by atoms with Crippen LogP contribution in [0.1, 0.15) is 32.2 Å². The number of aromatic nitrogens is 4. The van der Waals surface area contributed by atoms with Crippen molar-refractivity contribution < 1.29 is 0 Å². The Kier molecular flexibility index (Phi) is 2.05. The molecule has 0 bridgehead atoms. The van der Waals surface area contributed by atoms with Crippen molar-refractivity contribution in [2.45, 2.75) is 32.2 Å². The highest BCUT2D eigenvalue weighted by molar-refractivity contribution is 5.81. The van der Waals surface area contributed by atoms with Gasteiger partial charge in [-0.05, 0) is 25.2 Å². The average molecular weight is 217 g/mol. The smallest absolute Gasteiger partial charge is 0.165 e. The molecule has 0 aliphatic heterocycles. The van der Waals surface area contributed by atoms with E-state index in [2.05, 4.69) is 26.4 Å². The zero-order valence-electron chi connectivity index (χ0n) is 9.30. The molecule has 0 spiro atoms. The van der Waals surface area contributed by atoms with E-state index in [1.165, 1.54) is 25.6 Å². The van der Waals surface area contributed by atoms with Gasteiger partial charge < -0.3 is 10.3 Å². The van der Waals surface area contributed by atoms with Crippen molar-refractivity contribution in [2.24, 2.45) is 5.92 Å². The number of fused-ring (bicyclic) bond motifs is 1. The molecule has 1 aliphatic rings. The molecule has 0 saturated heterocycles. The molecule has 2 N–H and O–H groups in total. The number of hydrogen-bond donors (Lipinski definition) is 1. The first kappa shape index (κ1) is 9.57. The summed E-state index contributed by atoms with van der Waals surface area (Å²) in [7, 11) is 0. The summed E-state index contributed by atoms with van der Waals surface area (Å²) in [6.07, 6.45) is 7.05. The Morgan fingerprint density at radius 3 is 2.94 bits per heavy atom. The molecule has 2 aromatic heterocycles. The van der Waals surface area contributed by atoms with E-state index in [0.717, 1.165) is 17.1 Å². The van der Waals surface area contributed by atoms with Crippen molar-refractivity contribution in [1.29, 1.82) is 0 Å². The average Bonchev–Trinajstić information content (AvgIpc) is 2.84. The third kappa shape index (κ3) is 1.35. The fourth-order valence-corrected chi connectivity index (χ4v) is 2.57.